The highest BCUT2D eigenvalue weighted by molar-refractivity contribution is 14.0. The number of carbonyl (C=O) groups is 1. The first kappa shape index (κ1) is 28.1. The monoisotopic (exact) mass is 563 g/mol. The maximum atomic E-state index is 12.5. The molecule has 0 spiro atoms. The number of amides is 1. The Morgan fingerprint density at radius 2 is 1.77 bits per heavy atom. The molecule has 2 rings (SSSR count). The molecule has 0 aromatic carbocycles. The summed E-state index contributed by atoms with van der Waals surface area (Å²) < 4.78 is 42.8. The van der Waals surface area contributed by atoms with Crippen LogP contribution in [0.4, 0.5) is 18.0 Å². The van der Waals surface area contributed by atoms with Crippen LogP contribution in [-0.2, 0) is 4.74 Å². The van der Waals surface area contributed by atoms with Crippen molar-refractivity contribution in [2.24, 2.45) is 10.9 Å². The number of guanidine groups is 1. The second-order valence-electron chi connectivity index (χ2n) is 9.18. The highest BCUT2D eigenvalue weighted by Crippen LogP contribution is 2.24. The number of aliphatic imine (C=N–C) groups is 1. The second kappa shape index (κ2) is 12.3. The van der Waals surface area contributed by atoms with Gasteiger partial charge >= 0.3 is 12.3 Å². The molecule has 2 N–H and O–H groups in total. The van der Waals surface area contributed by atoms with Gasteiger partial charge in [-0.3, -0.25) is 9.89 Å². The molecule has 182 valence electrons. The number of hydrogen-bond donors (Lipinski definition) is 2. The molecule has 11 heteroatoms. The molecule has 1 atom stereocenters. The van der Waals surface area contributed by atoms with Gasteiger partial charge in [0.15, 0.2) is 5.96 Å². The van der Waals surface area contributed by atoms with Crippen molar-refractivity contribution in [2.75, 3.05) is 46.3 Å². The number of carbonyl (C=O) groups excluding carboxylic acids is 1. The van der Waals surface area contributed by atoms with E-state index < -0.39 is 24.4 Å². The van der Waals surface area contributed by atoms with E-state index in [0.717, 1.165) is 44.7 Å². The van der Waals surface area contributed by atoms with Gasteiger partial charge in [0.25, 0.3) is 0 Å². The van der Waals surface area contributed by atoms with Crippen molar-refractivity contribution in [3.8, 4) is 0 Å². The van der Waals surface area contributed by atoms with Gasteiger partial charge < -0.3 is 20.3 Å². The third-order valence-corrected chi connectivity index (χ3v) is 5.37. The summed E-state index contributed by atoms with van der Waals surface area (Å²) in [4.78, 5) is 19.9. The van der Waals surface area contributed by atoms with Crippen molar-refractivity contribution < 1.29 is 22.7 Å². The predicted octanol–water partition coefficient (Wildman–Crippen LogP) is 3.44. The molecular weight excluding hydrogens is 526 g/mol. The van der Waals surface area contributed by atoms with E-state index in [4.69, 9.17) is 4.74 Å². The predicted molar refractivity (Wildman–Crippen MR) is 126 cm³/mol. The van der Waals surface area contributed by atoms with Gasteiger partial charge in [-0.1, -0.05) is 0 Å². The number of rotatable bonds is 5. The van der Waals surface area contributed by atoms with E-state index in [9.17, 15) is 18.0 Å². The van der Waals surface area contributed by atoms with Gasteiger partial charge in [-0.25, -0.2) is 4.79 Å². The van der Waals surface area contributed by atoms with Gasteiger partial charge in [-0.05, 0) is 65.5 Å². The van der Waals surface area contributed by atoms with Crippen LogP contribution >= 0.6 is 24.0 Å². The number of hydrogen-bond acceptors (Lipinski definition) is 4. The van der Waals surface area contributed by atoms with Crippen LogP contribution in [0.25, 0.3) is 0 Å². The molecule has 2 heterocycles. The fraction of sp³-hybridized carbons (Fsp3) is 0.900. The van der Waals surface area contributed by atoms with Crippen LogP contribution in [-0.4, -0.2) is 86.0 Å². The Morgan fingerprint density at radius 1 is 1.13 bits per heavy atom. The number of nitrogens with one attached hydrogen (secondary N) is 2. The summed E-state index contributed by atoms with van der Waals surface area (Å²) in [6.07, 6.45) is -1.21. The van der Waals surface area contributed by atoms with Crippen LogP contribution in [0.2, 0.25) is 0 Å². The maximum Gasteiger partial charge on any atom is 0.407 e. The Hall–Kier alpha value is -0.980. The highest BCUT2D eigenvalue weighted by atomic mass is 127. The zero-order chi connectivity index (χ0) is 22.4. The van der Waals surface area contributed by atoms with Crippen LogP contribution in [0.3, 0.4) is 0 Å². The molecule has 2 aliphatic rings. The Kier molecular flexibility index (Phi) is 11.1. The van der Waals surface area contributed by atoms with Crippen molar-refractivity contribution in [3.63, 3.8) is 0 Å². The number of alkyl halides is 3. The van der Waals surface area contributed by atoms with Crippen molar-refractivity contribution in [1.29, 1.82) is 0 Å². The van der Waals surface area contributed by atoms with Crippen LogP contribution in [0.5, 0.6) is 0 Å². The van der Waals surface area contributed by atoms with Crippen molar-refractivity contribution in [2.45, 2.75) is 64.3 Å². The first-order valence-electron chi connectivity index (χ1n) is 10.7. The molecule has 0 saturated carbocycles. The van der Waals surface area contributed by atoms with Crippen molar-refractivity contribution in [1.82, 2.24) is 20.4 Å². The molecule has 7 nitrogen and oxygen atoms in total. The SMILES string of the molecule is CN=C(NCCC1CCN(CC(F)(F)F)CC1)N1CC[C@@H](NC(=O)OC(C)(C)C)C1.I. The zero-order valence-corrected chi connectivity index (χ0v) is 21.3. The zero-order valence-electron chi connectivity index (χ0n) is 18.9. The third kappa shape index (κ3) is 10.9. The van der Waals surface area contributed by atoms with E-state index in [1.807, 2.05) is 20.8 Å². The standard InChI is InChI=1S/C20H36F3N5O2.HI/c1-19(2,3)30-18(29)26-16-8-12-28(13-16)17(24-4)25-9-5-15-6-10-27(11-7-15)14-20(21,22)23;/h15-16H,5-14H2,1-4H3,(H,24,25)(H,26,29);1H/t16-;/m1./s1. The van der Waals surface area contributed by atoms with E-state index in [0.29, 0.717) is 25.6 Å². The number of nitrogens with zero attached hydrogens (tertiary/aromatic N) is 3. The van der Waals surface area contributed by atoms with Crippen LogP contribution < -0.4 is 10.6 Å². The van der Waals surface area contributed by atoms with Crippen molar-refractivity contribution in [3.05, 3.63) is 0 Å². The summed E-state index contributed by atoms with van der Waals surface area (Å²) >= 11 is 0. The van der Waals surface area contributed by atoms with Crippen molar-refractivity contribution >= 4 is 36.0 Å². The Labute approximate surface area is 200 Å². The molecule has 0 aromatic heterocycles. The number of ether oxygens (including phenoxy) is 1. The lowest BCUT2D eigenvalue weighted by molar-refractivity contribution is -0.148. The van der Waals surface area contributed by atoms with Gasteiger partial charge in [0.05, 0.1) is 12.6 Å². The quantitative estimate of drug-likeness (QED) is 0.305. The molecule has 0 radical (unpaired) electrons. The maximum absolute atomic E-state index is 12.5. The summed E-state index contributed by atoms with van der Waals surface area (Å²) in [6.45, 7) is 7.88. The molecule has 0 bridgehead atoms. The number of piperidine rings is 1. The van der Waals surface area contributed by atoms with Crippen LogP contribution in [0, 0.1) is 5.92 Å². The topological polar surface area (TPSA) is 69.2 Å². The van der Waals surface area contributed by atoms with Gasteiger partial charge in [-0.2, -0.15) is 13.2 Å². The fourth-order valence-electron chi connectivity index (χ4n) is 3.95. The molecule has 2 saturated heterocycles. The average molecular weight is 563 g/mol. The fourth-order valence-corrected chi connectivity index (χ4v) is 3.95. The lowest BCUT2D eigenvalue weighted by atomic mass is 9.93. The van der Waals surface area contributed by atoms with Gasteiger partial charge in [0.2, 0.25) is 0 Å². The largest absolute Gasteiger partial charge is 0.444 e. The molecule has 2 fully saturated rings. The number of likely N-dealkylation sites (tertiary alicyclic amines) is 2. The summed E-state index contributed by atoms with van der Waals surface area (Å²) in [7, 11) is 1.73. The van der Waals surface area contributed by atoms with E-state index in [1.54, 1.807) is 7.05 Å². The molecular formula is C20H37F3IN5O2. The van der Waals surface area contributed by atoms with Gasteiger partial charge in [-0.15, -0.1) is 24.0 Å². The van der Waals surface area contributed by atoms with Crippen LogP contribution in [0.1, 0.15) is 46.5 Å². The smallest absolute Gasteiger partial charge is 0.407 e. The summed E-state index contributed by atoms with van der Waals surface area (Å²) in [5.74, 6) is 1.22. The Morgan fingerprint density at radius 3 is 2.32 bits per heavy atom. The summed E-state index contributed by atoms with van der Waals surface area (Å²) in [6, 6.07) is 0.0105. The number of alkyl carbamates (subject to hydrolysis) is 1. The molecule has 0 aliphatic carbocycles. The Bertz CT molecular complexity index is 590. The van der Waals surface area contributed by atoms with Crippen LogP contribution in [0.15, 0.2) is 4.99 Å². The third-order valence-electron chi connectivity index (χ3n) is 5.37. The highest BCUT2D eigenvalue weighted by Gasteiger charge is 2.32. The first-order valence-corrected chi connectivity index (χ1v) is 10.7. The lowest BCUT2D eigenvalue weighted by Gasteiger charge is -2.32. The van der Waals surface area contributed by atoms with Gasteiger partial charge in [0.1, 0.15) is 5.60 Å². The lowest BCUT2D eigenvalue weighted by Crippen LogP contribution is -2.45. The minimum atomic E-state index is -4.12. The summed E-state index contributed by atoms with van der Waals surface area (Å²) in [5, 5.41) is 6.26. The van der Waals surface area contributed by atoms with Gasteiger partial charge in [0, 0.05) is 26.7 Å². The molecule has 0 aromatic rings. The molecule has 2 aliphatic heterocycles. The Balaban J connectivity index is 0.00000480. The molecule has 1 amide bonds. The first-order chi connectivity index (χ1) is 13.9. The van der Waals surface area contributed by atoms with E-state index in [2.05, 4.69) is 20.5 Å². The van der Waals surface area contributed by atoms with E-state index in [1.165, 1.54) is 4.90 Å². The summed E-state index contributed by atoms with van der Waals surface area (Å²) in [5.41, 5.74) is -0.525. The minimum Gasteiger partial charge on any atom is -0.444 e. The molecule has 0 unspecified atom stereocenters. The normalized spacial score (nSPS) is 21.6. The average Bonchev–Trinajstić information content (AvgIpc) is 3.05. The second-order valence-corrected chi connectivity index (χ2v) is 9.18. The van der Waals surface area contributed by atoms with E-state index in [-0.39, 0.29) is 30.0 Å². The minimum absolute atomic E-state index is 0. The van der Waals surface area contributed by atoms with E-state index >= 15 is 0 Å². The molecule has 31 heavy (non-hydrogen) atoms. The number of halogens is 4.